The predicted molar refractivity (Wildman–Crippen MR) is 77.3 cm³/mol. The Kier molecular flexibility index (Phi) is 5.73. The fraction of sp³-hybridized carbons (Fsp3) is 0.643. The van der Waals surface area contributed by atoms with E-state index in [1.165, 1.54) is 0 Å². The van der Waals surface area contributed by atoms with Crippen molar-refractivity contribution in [2.45, 2.75) is 34.1 Å². The second kappa shape index (κ2) is 7.07. The summed E-state index contributed by atoms with van der Waals surface area (Å²) >= 11 is 0. The first-order valence-corrected chi connectivity index (χ1v) is 6.77. The topological polar surface area (TPSA) is 58.1 Å². The third kappa shape index (κ3) is 4.85. The van der Waals surface area contributed by atoms with Gasteiger partial charge in [0.25, 0.3) is 0 Å². The first-order valence-electron chi connectivity index (χ1n) is 6.77. The Bertz CT molecular complexity index is 431. The fourth-order valence-electron chi connectivity index (χ4n) is 1.65. The van der Waals surface area contributed by atoms with Crippen LogP contribution in [0.25, 0.3) is 0 Å². The van der Waals surface area contributed by atoms with Gasteiger partial charge in [-0.25, -0.2) is 9.97 Å². The summed E-state index contributed by atoms with van der Waals surface area (Å²) < 4.78 is 0. The van der Waals surface area contributed by atoms with Crippen LogP contribution in [0.5, 0.6) is 0 Å². The number of nitrogens with zero attached hydrogens (tertiary/aromatic N) is 3. The quantitative estimate of drug-likeness (QED) is 0.847. The average Bonchev–Trinajstić information content (AvgIpc) is 2.37. The molecule has 0 fully saturated rings. The lowest BCUT2D eigenvalue weighted by atomic mass is 10.2. The van der Waals surface area contributed by atoms with Gasteiger partial charge in [-0.15, -0.1) is 0 Å². The molecule has 1 aromatic rings. The summed E-state index contributed by atoms with van der Waals surface area (Å²) in [5.74, 6) is 1.80. The SMILES string of the molecule is CCc1cc(N(C)CCNC(=O)C(C)C)nc(C)n1. The van der Waals surface area contributed by atoms with Gasteiger partial charge in [0.15, 0.2) is 0 Å². The van der Waals surface area contributed by atoms with Gasteiger partial charge in [0.1, 0.15) is 11.6 Å². The van der Waals surface area contributed by atoms with Crippen LogP contribution < -0.4 is 10.2 Å². The Morgan fingerprint density at radius 3 is 2.68 bits per heavy atom. The van der Waals surface area contributed by atoms with E-state index in [2.05, 4.69) is 22.2 Å². The minimum absolute atomic E-state index is 0.0262. The lowest BCUT2D eigenvalue weighted by molar-refractivity contribution is -0.123. The largest absolute Gasteiger partial charge is 0.358 e. The Morgan fingerprint density at radius 2 is 2.11 bits per heavy atom. The van der Waals surface area contributed by atoms with Gasteiger partial charge >= 0.3 is 0 Å². The number of carbonyl (C=O) groups excluding carboxylic acids is 1. The second-order valence-corrected chi connectivity index (χ2v) is 4.99. The van der Waals surface area contributed by atoms with E-state index in [-0.39, 0.29) is 11.8 Å². The first kappa shape index (κ1) is 15.4. The third-order valence-electron chi connectivity index (χ3n) is 2.90. The van der Waals surface area contributed by atoms with Crippen LogP contribution in [0.15, 0.2) is 6.07 Å². The highest BCUT2D eigenvalue weighted by molar-refractivity contribution is 5.77. The van der Waals surface area contributed by atoms with Gasteiger partial charge in [0.2, 0.25) is 5.91 Å². The van der Waals surface area contributed by atoms with E-state index in [9.17, 15) is 4.79 Å². The molecule has 5 nitrogen and oxygen atoms in total. The number of hydrogen-bond donors (Lipinski definition) is 1. The molecule has 0 saturated heterocycles. The maximum Gasteiger partial charge on any atom is 0.222 e. The molecule has 0 bridgehead atoms. The average molecular weight is 264 g/mol. The Morgan fingerprint density at radius 1 is 1.42 bits per heavy atom. The molecule has 0 spiro atoms. The van der Waals surface area contributed by atoms with Gasteiger partial charge < -0.3 is 10.2 Å². The molecule has 0 aliphatic rings. The molecule has 0 saturated carbocycles. The van der Waals surface area contributed by atoms with Gasteiger partial charge in [-0.3, -0.25) is 4.79 Å². The summed E-state index contributed by atoms with van der Waals surface area (Å²) in [4.78, 5) is 22.3. The Hall–Kier alpha value is -1.65. The molecule has 19 heavy (non-hydrogen) atoms. The summed E-state index contributed by atoms with van der Waals surface area (Å²) in [6.45, 7) is 9.11. The van der Waals surface area contributed by atoms with Gasteiger partial charge in [0, 0.05) is 37.8 Å². The summed E-state index contributed by atoms with van der Waals surface area (Å²) in [7, 11) is 1.97. The minimum atomic E-state index is 0.0262. The minimum Gasteiger partial charge on any atom is -0.358 e. The van der Waals surface area contributed by atoms with Gasteiger partial charge in [-0.2, -0.15) is 0 Å². The molecule has 1 rings (SSSR count). The number of hydrogen-bond acceptors (Lipinski definition) is 4. The van der Waals surface area contributed by atoms with Crippen molar-refractivity contribution in [3.63, 3.8) is 0 Å². The summed E-state index contributed by atoms with van der Waals surface area (Å²) in [5.41, 5.74) is 1.04. The Labute approximate surface area is 115 Å². The zero-order chi connectivity index (χ0) is 14.4. The van der Waals surface area contributed by atoms with E-state index < -0.39 is 0 Å². The van der Waals surface area contributed by atoms with E-state index in [4.69, 9.17) is 0 Å². The normalized spacial score (nSPS) is 10.6. The molecule has 1 aromatic heterocycles. The number of carbonyl (C=O) groups is 1. The van der Waals surface area contributed by atoms with Crippen LogP contribution in [0.4, 0.5) is 5.82 Å². The van der Waals surface area contributed by atoms with Crippen LogP contribution in [0, 0.1) is 12.8 Å². The second-order valence-electron chi connectivity index (χ2n) is 4.99. The van der Waals surface area contributed by atoms with E-state index in [1.54, 1.807) is 0 Å². The fourth-order valence-corrected chi connectivity index (χ4v) is 1.65. The van der Waals surface area contributed by atoms with E-state index in [0.717, 1.165) is 30.3 Å². The first-order chi connectivity index (χ1) is 8.93. The molecule has 0 aliphatic carbocycles. The molecular weight excluding hydrogens is 240 g/mol. The third-order valence-corrected chi connectivity index (χ3v) is 2.90. The number of nitrogens with one attached hydrogen (secondary N) is 1. The van der Waals surface area contributed by atoms with Crippen LogP contribution in [0.2, 0.25) is 0 Å². The van der Waals surface area contributed by atoms with Crippen LogP contribution in [0.1, 0.15) is 32.3 Å². The number of amides is 1. The van der Waals surface area contributed by atoms with E-state index in [0.29, 0.717) is 6.54 Å². The van der Waals surface area contributed by atoms with Crippen molar-refractivity contribution in [2.24, 2.45) is 5.92 Å². The molecule has 1 amide bonds. The smallest absolute Gasteiger partial charge is 0.222 e. The molecule has 0 unspecified atom stereocenters. The molecule has 1 heterocycles. The predicted octanol–water partition coefficient (Wildman–Crippen LogP) is 1.56. The molecule has 0 radical (unpaired) electrons. The van der Waals surface area contributed by atoms with Gasteiger partial charge in [-0.1, -0.05) is 20.8 Å². The van der Waals surface area contributed by atoms with Crippen LogP contribution in [-0.2, 0) is 11.2 Å². The molecule has 1 N–H and O–H groups in total. The molecule has 0 aromatic carbocycles. The highest BCUT2D eigenvalue weighted by Crippen LogP contribution is 2.11. The highest BCUT2D eigenvalue weighted by atomic mass is 16.1. The van der Waals surface area contributed by atoms with E-state index in [1.807, 2.05) is 38.8 Å². The summed E-state index contributed by atoms with van der Waals surface area (Å²) in [5, 5.41) is 2.90. The van der Waals surface area contributed by atoms with Gasteiger partial charge in [-0.05, 0) is 13.3 Å². The van der Waals surface area contributed by atoms with Crippen LogP contribution >= 0.6 is 0 Å². The number of rotatable bonds is 6. The molecule has 0 aliphatic heterocycles. The zero-order valence-electron chi connectivity index (χ0n) is 12.5. The van der Waals surface area contributed by atoms with Crippen molar-refractivity contribution in [3.8, 4) is 0 Å². The zero-order valence-corrected chi connectivity index (χ0v) is 12.5. The monoisotopic (exact) mass is 264 g/mol. The highest BCUT2D eigenvalue weighted by Gasteiger charge is 2.08. The molecule has 5 heteroatoms. The molecule has 106 valence electrons. The van der Waals surface area contributed by atoms with Crippen molar-refractivity contribution in [1.29, 1.82) is 0 Å². The number of aryl methyl sites for hydroxylation is 2. The van der Waals surface area contributed by atoms with Crippen LogP contribution in [-0.4, -0.2) is 36.0 Å². The summed E-state index contributed by atoms with van der Waals surface area (Å²) in [6, 6.07) is 2.00. The lowest BCUT2D eigenvalue weighted by Crippen LogP contribution is -2.35. The number of likely N-dealkylation sites (N-methyl/N-ethyl adjacent to an activating group) is 1. The van der Waals surface area contributed by atoms with Crippen molar-refractivity contribution in [2.75, 3.05) is 25.0 Å². The van der Waals surface area contributed by atoms with E-state index >= 15 is 0 Å². The summed E-state index contributed by atoms with van der Waals surface area (Å²) in [6.07, 6.45) is 0.897. The maximum atomic E-state index is 11.5. The molecular formula is C14H24N4O. The molecule has 0 atom stereocenters. The number of aromatic nitrogens is 2. The van der Waals surface area contributed by atoms with Crippen molar-refractivity contribution in [3.05, 3.63) is 17.6 Å². The number of anilines is 1. The lowest BCUT2D eigenvalue weighted by Gasteiger charge is -2.19. The Balaban J connectivity index is 2.56. The maximum absolute atomic E-state index is 11.5. The van der Waals surface area contributed by atoms with Crippen molar-refractivity contribution >= 4 is 11.7 Å². The van der Waals surface area contributed by atoms with Gasteiger partial charge in [0.05, 0.1) is 0 Å². The van der Waals surface area contributed by atoms with Crippen molar-refractivity contribution < 1.29 is 4.79 Å². The van der Waals surface area contributed by atoms with Crippen LogP contribution in [0.3, 0.4) is 0 Å². The van der Waals surface area contributed by atoms with Crippen molar-refractivity contribution in [1.82, 2.24) is 15.3 Å². The standard InChI is InChI=1S/C14H24N4O/c1-6-12-9-13(17-11(4)16-12)18(5)8-7-15-14(19)10(2)3/h9-10H,6-8H2,1-5H3,(H,15,19).